The zero-order valence-corrected chi connectivity index (χ0v) is 13.2. The highest BCUT2D eigenvalue weighted by molar-refractivity contribution is 5.87. The van der Waals surface area contributed by atoms with Crippen LogP contribution < -0.4 is 5.73 Å². The topological polar surface area (TPSA) is 61.8 Å². The fourth-order valence-electron chi connectivity index (χ4n) is 3.43. The van der Waals surface area contributed by atoms with Crippen molar-refractivity contribution in [2.45, 2.75) is 39.2 Å². The standard InChI is InChI=1S/C17H27N3O/c1-12-9-13(2)14(3)20(10-12)11-16(17(18)19-21)15-7-5-4-6-8-15/h4-8,12-14,16,21H,9-11H2,1-3H3,(H2,18,19). The number of hydrogen-bond acceptors (Lipinski definition) is 3. The first-order chi connectivity index (χ1) is 10.0. The Hall–Kier alpha value is -1.55. The first-order valence-corrected chi connectivity index (χ1v) is 7.79. The van der Waals surface area contributed by atoms with Crippen LogP contribution in [0.2, 0.25) is 0 Å². The van der Waals surface area contributed by atoms with Crippen LogP contribution in [0.3, 0.4) is 0 Å². The molecule has 0 bridgehead atoms. The van der Waals surface area contributed by atoms with Crippen LogP contribution >= 0.6 is 0 Å². The summed E-state index contributed by atoms with van der Waals surface area (Å²) in [6.07, 6.45) is 1.28. The van der Waals surface area contributed by atoms with Crippen LogP contribution in [0, 0.1) is 11.8 Å². The highest BCUT2D eigenvalue weighted by Gasteiger charge is 2.31. The molecule has 2 rings (SSSR count). The molecule has 3 N–H and O–H groups in total. The third kappa shape index (κ3) is 3.76. The molecule has 1 aromatic rings. The van der Waals surface area contributed by atoms with Gasteiger partial charge in [-0.3, -0.25) is 4.90 Å². The van der Waals surface area contributed by atoms with Gasteiger partial charge in [0.15, 0.2) is 0 Å². The van der Waals surface area contributed by atoms with Gasteiger partial charge >= 0.3 is 0 Å². The van der Waals surface area contributed by atoms with Gasteiger partial charge in [0.05, 0.1) is 5.92 Å². The summed E-state index contributed by atoms with van der Waals surface area (Å²) in [4.78, 5) is 2.48. The Morgan fingerprint density at radius 3 is 2.62 bits per heavy atom. The van der Waals surface area contributed by atoms with E-state index in [0.29, 0.717) is 23.7 Å². The van der Waals surface area contributed by atoms with E-state index in [0.717, 1.165) is 18.7 Å². The molecule has 0 saturated carbocycles. The SMILES string of the molecule is CC1CC(C)C(C)N(CC(/C(N)=N/O)c2ccccc2)C1. The van der Waals surface area contributed by atoms with Crippen molar-refractivity contribution in [2.75, 3.05) is 13.1 Å². The summed E-state index contributed by atoms with van der Waals surface area (Å²) in [5.74, 6) is 1.60. The summed E-state index contributed by atoms with van der Waals surface area (Å²) in [6.45, 7) is 8.78. The maximum absolute atomic E-state index is 9.11. The Morgan fingerprint density at radius 1 is 1.33 bits per heavy atom. The Morgan fingerprint density at radius 2 is 2.00 bits per heavy atom. The molecule has 0 aliphatic carbocycles. The molecule has 1 aromatic carbocycles. The maximum Gasteiger partial charge on any atom is 0.147 e. The maximum atomic E-state index is 9.11. The lowest BCUT2D eigenvalue weighted by Crippen LogP contribution is -2.48. The minimum Gasteiger partial charge on any atom is -0.409 e. The van der Waals surface area contributed by atoms with Gasteiger partial charge in [-0.15, -0.1) is 0 Å². The van der Waals surface area contributed by atoms with Gasteiger partial charge in [0.25, 0.3) is 0 Å². The molecular weight excluding hydrogens is 262 g/mol. The van der Waals surface area contributed by atoms with Crippen LogP contribution in [0.5, 0.6) is 0 Å². The number of benzene rings is 1. The minimum atomic E-state index is -0.0591. The first-order valence-electron chi connectivity index (χ1n) is 7.79. The summed E-state index contributed by atoms with van der Waals surface area (Å²) in [5, 5.41) is 12.4. The zero-order chi connectivity index (χ0) is 15.4. The Kier molecular flexibility index (Phi) is 5.23. The second-order valence-electron chi connectivity index (χ2n) is 6.50. The molecule has 1 heterocycles. The molecular formula is C17H27N3O. The smallest absolute Gasteiger partial charge is 0.147 e. The van der Waals surface area contributed by atoms with E-state index in [9.17, 15) is 0 Å². The van der Waals surface area contributed by atoms with Crippen molar-refractivity contribution in [2.24, 2.45) is 22.7 Å². The van der Waals surface area contributed by atoms with Crippen molar-refractivity contribution in [1.29, 1.82) is 0 Å². The number of hydrogen-bond donors (Lipinski definition) is 2. The molecule has 1 fully saturated rings. The molecule has 21 heavy (non-hydrogen) atoms. The summed E-state index contributed by atoms with van der Waals surface area (Å²) in [5.41, 5.74) is 7.06. The van der Waals surface area contributed by atoms with Gasteiger partial charge in [-0.05, 0) is 30.7 Å². The van der Waals surface area contributed by atoms with Crippen LogP contribution in [-0.4, -0.2) is 35.1 Å². The van der Waals surface area contributed by atoms with Crippen LogP contribution in [0.25, 0.3) is 0 Å². The Balaban J connectivity index is 2.19. The van der Waals surface area contributed by atoms with Crippen molar-refractivity contribution in [3.8, 4) is 0 Å². The summed E-state index contributed by atoms with van der Waals surface area (Å²) in [7, 11) is 0. The molecule has 0 amide bonds. The highest BCUT2D eigenvalue weighted by atomic mass is 16.4. The molecule has 4 heteroatoms. The van der Waals surface area contributed by atoms with Crippen molar-refractivity contribution in [3.63, 3.8) is 0 Å². The molecule has 1 aliphatic rings. The normalized spacial score (nSPS) is 29.3. The molecule has 0 spiro atoms. The van der Waals surface area contributed by atoms with E-state index >= 15 is 0 Å². The van der Waals surface area contributed by atoms with Crippen LogP contribution in [0.1, 0.15) is 38.7 Å². The molecule has 1 saturated heterocycles. The summed E-state index contributed by atoms with van der Waals surface area (Å²) >= 11 is 0. The van der Waals surface area contributed by atoms with Crippen molar-refractivity contribution < 1.29 is 5.21 Å². The van der Waals surface area contributed by atoms with Gasteiger partial charge in [-0.1, -0.05) is 49.3 Å². The van der Waals surface area contributed by atoms with E-state index < -0.39 is 0 Å². The van der Waals surface area contributed by atoms with E-state index in [1.165, 1.54) is 6.42 Å². The average molecular weight is 289 g/mol. The van der Waals surface area contributed by atoms with Gasteiger partial charge in [-0.25, -0.2) is 0 Å². The van der Waals surface area contributed by atoms with Gasteiger partial charge < -0.3 is 10.9 Å². The first kappa shape index (κ1) is 15.8. The number of piperidine rings is 1. The van der Waals surface area contributed by atoms with Gasteiger partial charge in [0.1, 0.15) is 5.84 Å². The third-order valence-corrected chi connectivity index (χ3v) is 4.81. The Labute approximate surface area is 127 Å². The summed E-state index contributed by atoms with van der Waals surface area (Å²) in [6, 6.07) is 10.6. The number of nitrogens with zero attached hydrogens (tertiary/aromatic N) is 2. The van der Waals surface area contributed by atoms with Crippen molar-refractivity contribution in [1.82, 2.24) is 4.90 Å². The molecule has 4 unspecified atom stereocenters. The quantitative estimate of drug-likeness (QED) is 0.388. The van der Waals surface area contributed by atoms with Crippen LogP contribution in [-0.2, 0) is 0 Å². The van der Waals surface area contributed by atoms with Crippen LogP contribution in [0.4, 0.5) is 0 Å². The second-order valence-corrected chi connectivity index (χ2v) is 6.50. The number of likely N-dealkylation sites (tertiary alicyclic amines) is 1. The highest BCUT2D eigenvalue weighted by Crippen LogP contribution is 2.29. The summed E-state index contributed by atoms with van der Waals surface area (Å²) < 4.78 is 0. The molecule has 1 aliphatic heterocycles. The lowest BCUT2D eigenvalue weighted by Gasteiger charge is -2.42. The largest absolute Gasteiger partial charge is 0.409 e. The molecule has 0 aromatic heterocycles. The van der Waals surface area contributed by atoms with E-state index in [1.54, 1.807) is 0 Å². The van der Waals surface area contributed by atoms with Crippen molar-refractivity contribution in [3.05, 3.63) is 35.9 Å². The number of nitrogens with two attached hydrogens (primary N) is 1. The third-order valence-electron chi connectivity index (χ3n) is 4.81. The number of amidine groups is 1. The fourth-order valence-corrected chi connectivity index (χ4v) is 3.43. The average Bonchev–Trinajstić information content (AvgIpc) is 2.49. The van der Waals surface area contributed by atoms with Crippen molar-refractivity contribution >= 4 is 5.84 Å². The fraction of sp³-hybridized carbons (Fsp3) is 0.588. The predicted octanol–water partition coefficient (Wildman–Crippen LogP) is 2.88. The molecule has 4 atom stereocenters. The molecule has 116 valence electrons. The van der Waals surface area contributed by atoms with E-state index in [-0.39, 0.29) is 5.92 Å². The Bertz CT molecular complexity index is 474. The molecule has 0 radical (unpaired) electrons. The lowest BCUT2D eigenvalue weighted by atomic mass is 9.84. The van der Waals surface area contributed by atoms with E-state index in [2.05, 4.69) is 30.8 Å². The van der Waals surface area contributed by atoms with Gasteiger partial charge in [0.2, 0.25) is 0 Å². The lowest BCUT2D eigenvalue weighted by molar-refractivity contribution is 0.0784. The predicted molar refractivity (Wildman–Crippen MR) is 86.6 cm³/mol. The number of oxime groups is 1. The van der Waals surface area contributed by atoms with Gasteiger partial charge in [0, 0.05) is 19.1 Å². The monoisotopic (exact) mass is 289 g/mol. The van der Waals surface area contributed by atoms with Gasteiger partial charge in [-0.2, -0.15) is 0 Å². The minimum absolute atomic E-state index is 0.0591. The van der Waals surface area contributed by atoms with Crippen LogP contribution in [0.15, 0.2) is 35.5 Å². The number of rotatable bonds is 4. The molecule has 4 nitrogen and oxygen atoms in total. The zero-order valence-electron chi connectivity index (χ0n) is 13.2. The van der Waals surface area contributed by atoms with E-state index in [1.807, 2.05) is 30.3 Å². The van der Waals surface area contributed by atoms with E-state index in [4.69, 9.17) is 10.9 Å². The second kappa shape index (κ2) is 6.94.